The van der Waals surface area contributed by atoms with Crippen LogP contribution in [-0.2, 0) is 0 Å². The summed E-state index contributed by atoms with van der Waals surface area (Å²) in [5, 5.41) is 0. The maximum Gasteiger partial charge on any atom is 0.0121 e. The Balaban J connectivity index is 2.07. The van der Waals surface area contributed by atoms with Crippen molar-refractivity contribution >= 4 is 0 Å². The molecular weight excluding hydrogens is 220 g/mol. The van der Waals surface area contributed by atoms with Crippen LogP contribution in [0.1, 0.15) is 44.9 Å². The smallest absolute Gasteiger partial charge is 0.0121 e. The highest BCUT2D eigenvalue weighted by Gasteiger charge is 2.30. The van der Waals surface area contributed by atoms with Crippen LogP contribution in [0.3, 0.4) is 0 Å². The molecule has 0 spiro atoms. The lowest BCUT2D eigenvalue weighted by Gasteiger charge is -2.35. The molecule has 1 fully saturated rings. The van der Waals surface area contributed by atoms with Gasteiger partial charge in [-0.05, 0) is 24.8 Å². The van der Waals surface area contributed by atoms with Crippen LogP contribution in [-0.4, -0.2) is 6.54 Å². The van der Waals surface area contributed by atoms with Crippen LogP contribution >= 0.6 is 0 Å². The Hall–Kier alpha value is -1.02. The van der Waals surface area contributed by atoms with Crippen molar-refractivity contribution in [3.8, 4) is 0 Å². The van der Waals surface area contributed by atoms with E-state index in [4.69, 9.17) is 11.5 Å². The maximum absolute atomic E-state index is 6.03. The zero-order chi connectivity index (χ0) is 12.8. The SMILES string of the molecule is NC/C=C/C1(CC2CCCCC2)C=CC=C(N)C1. The van der Waals surface area contributed by atoms with Crippen molar-refractivity contribution in [2.75, 3.05) is 6.54 Å². The molecule has 18 heavy (non-hydrogen) atoms. The van der Waals surface area contributed by atoms with E-state index < -0.39 is 0 Å². The molecule has 0 aromatic rings. The summed E-state index contributed by atoms with van der Waals surface area (Å²) >= 11 is 0. The third kappa shape index (κ3) is 3.49. The molecule has 2 rings (SSSR count). The first-order valence-corrected chi connectivity index (χ1v) is 7.26. The molecule has 0 aromatic heterocycles. The molecule has 0 aromatic carbocycles. The van der Waals surface area contributed by atoms with Crippen molar-refractivity contribution in [2.24, 2.45) is 22.8 Å². The summed E-state index contributed by atoms with van der Waals surface area (Å²) in [7, 11) is 0. The molecule has 0 radical (unpaired) electrons. The summed E-state index contributed by atoms with van der Waals surface area (Å²) in [6, 6.07) is 0. The van der Waals surface area contributed by atoms with Crippen LogP contribution in [0.2, 0.25) is 0 Å². The highest BCUT2D eigenvalue weighted by molar-refractivity contribution is 5.27. The Morgan fingerprint density at radius 1 is 1.28 bits per heavy atom. The molecule has 100 valence electrons. The number of hydrogen-bond donors (Lipinski definition) is 2. The maximum atomic E-state index is 6.03. The first-order chi connectivity index (χ1) is 8.74. The van der Waals surface area contributed by atoms with Gasteiger partial charge in [-0.15, -0.1) is 0 Å². The second kappa shape index (κ2) is 6.24. The highest BCUT2D eigenvalue weighted by atomic mass is 14.6. The van der Waals surface area contributed by atoms with Crippen LogP contribution < -0.4 is 11.5 Å². The van der Waals surface area contributed by atoms with E-state index in [9.17, 15) is 0 Å². The van der Waals surface area contributed by atoms with E-state index in [1.807, 2.05) is 6.08 Å². The predicted molar refractivity (Wildman–Crippen MR) is 77.8 cm³/mol. The second-order valence-corrected chi connectivity index (χ2v) is 5.86. The molecule has 2 nitrogen and oxygen atoms in total. The first-order valence-electron chi connectivity index (χ1n) is 7.26. The predicted octanol–water partition coefficient (Wildman–Crippen LogP) is 3.26. The molecule has 2 aliphatic rings. The molecule has 4 N–H and O–H groups in total. The van der Waals surface area contributed by atoms with Gasteiger partial charge in [-0.1, -0.05) is 56.4 Å². The van der Waals surface area contributed by atoms with Crippen molar-refractivity contribution in [3.63, 3.8) is 0 Å². The quantitative estimate of drug-likeness (QED) is 0.748. The molecule has 2 aliphatic carbocycles. The fourth-order valence-electron chi connectivity index (χ4n) is 3.42. The van der Waals surface area contributed by atoms with Gasteiger partial charge in [0.05, 0.1) is 0 Å². The highest BCUT2D eigenvalue weighted by Crippen LogP contribution is 2.41. The van der Waals surface area contributed by atoms with E-state index in [1.54, 1.807) is 0 Å². The van der Waals surface area contributed by atoms with Crippen LogP contribution in [0.25, 0.3) is 0 Å². The van der Waals surface area contributed by atoms with Gasteiger partial charge in [0.25, 0.3) is 0 Å². The fourth-order valence-corrected chi connectivity index (χ4v) is 3.42. The number of rotatable bonds is 4. The van der Waals surface area contributed by atoms with Gasteiger partial charge < -0.3 is 11.5 Å². The van der Waals surface area contributed by atoms with Crippen LogP contribution in [0.4, 0.5) is 0 Å². The second-order valence-electron chi connectivity index (χ2n) is 5.86. The summed E-state index contributed by atoms with van der Waals surface area (Å²) in [5.41, 5.74) is 12.8. The van der Waals surface area contributed by atoms with E-state index in [0.29, 0.717) is 6.54 Å². The average molecular weight is 246 g/mol. The Bertz CT molecular complexity index is 348. The van der Waals surface area contributed by atoms with Gasteiger partial charge in [-0.2, -0.15) is 0 Å². The van der Waals surface area contributed by atoms with Crippen LogP contribution in [0, 0.1) is 11.3 Å². The monoisotopic (exact) mass is 246 g/mol. The van der Waals surface area contributed by atoms with Gasteiger partial charge in [0, 0.05) is 17.7 Å². The molecule has 1 unspecified atom stereocenters. The topological polar surface area (TPSA) is 52.0 Å². The van der Waals surface area contributed by atoms with Crippen molar-refractivity contribution in [1.82, 2.24) is 0 Å². The molecule has 0 bridgehead atoms. The standard InChI is InChI=1S/C16H26N2/c17-11-5-10-16(9-4-8-15(18)13-16)12-14-6-2-1-3-7-14/h4-5,8-10,14H,1-3,6-7,11-13,17-18H2/b10-5+. The molecule has 0 aliphatic heterocycles. The van der Waals surface area contributed by atoms with Crippen molar-refractivity contribution in [2.45, 2.75) is 44.9 Å². The largest absolute Gasteiger partial charge is 0.402 e. The molecule has 0 saturated heterocycles. The first kappa shape index (κ1) is 13.4. The van der Waals surface area contributed by atoms with Crippen LogP contribution in [0.5, 0.6) is 0 Å². The normalized spacial score (nSPS) is 29.7. The molecule has 0 heterocycles. The lowest BCUT2D eigenvalue weighted by Crippen LogP contribution is -2.25. The minimum absolute atomic E-state index is 0.125. The van der Waals surface area contributed by atoms with Gasteiger partial charge in [0.2, 0.25) is 0 Å². The molecular formula is C16H26N2. The van der Waals surface area contributed by atoms with E-state index >= 15 is 0 Å². The molecule has 0 amide bonds. The summed E-state index contributed by atoms with van der Waals surface area (Å²) < 4.78 is 0. The van der Waals surface area contributed by atoms with Crippen LogP contribution in [0.15, 0.2) is 36.1 Å². The minimum atomic E-state index is 0.125. The zero-order valence-electron chi connectivity index (χ0n) is 11.3. The number of nitrogens with two attached hydrogens (primary N) is 2. The van der Waals surface area contributed by atoms with Crippen molar-refractivity contribution in [1.29, 1.82) is 0 Å². The molecule has 1 atom stereocenters. The number of hydrogen-bond acceptors (Lipinski definition) is 2. The lowest BCUT2D eigenvalue weighted by atomic mass is 9.70. The Morgan fingerprint density at radius 2 is 2.06 bits per heavy atom. The van der Waals surface area contributed by atoms with E-state index in [2.05, 4.69) is 24.3 Å². The van der Waals surface area contributed by atoms with Gasteiger partial charge in [-0.3, -0.25) is 0 Å². The van der Waals surface area contributed by atoms with Gasteiger partial charge >= 0.3 is 0 Å². The molecule has 1 saturated carbocycles. The summed E-state index contributed by atoms with van der Waals surface area (Å²) in [5.74, 6) is 0.858. The lowest BCUT2D eigenvalue weighted by molar-refractivity contribution is 0.266. The van der Waals surface area contributed by atoms with E-state index in [-0.39, 0.29) is 5.41 Å². The van der Waals surface area contributed by atoms with E-state index in [1.165, 1.54) is 38.5 Å². The molecule has 2 heteroatoms. The minimum Gasteiger partial charge on any atom is -0.402 e. The van der Waals surface area contributed by atoms with Gasteiger partial charge in [0.15, 0.2) is 0 Å². The van der Waals surface area contributed by atoms with E-state index in [0.717, 1.165) is 18.0 Å². The van der Waals surface area contributed by atoms with Gasteiger partial charge in [-0.25, -0.2) is 0 Å². The fraction of sp³-hybridized carbons (Fsp3) is 0.625. The summed E-state index contributed by atoms with van der Waals surface area (Å²) in [6.07, 6.45) is 20.0. The Kier molecular flexibility index (Phi) is 4.65. The van der Waals surface area contributed by atoms with Gasteiger partial charge in [0.1, 0.15) is 0 Å². The van der Waals surface area contributed by atoms with Crippen molar-refractivity contribution < 1.29 is 0 Å². The summed E-state index contributed by atoms with van der Waals surface area (Å²) in [4.78, 5) is 0. The Morgan fingerprint density at radius 3 is 2.72 bits per heavy atom. The Labute approximate surface area is 111 Å². The summed E-state index contributed by atoms with van der Waals surface area (Å²) in [6.45, 7) is 0.615. The van der Waals surface area contributed by atoms with Crippen molar-refractivity contribution in [3.05, 3.63) is 36.1 Å². The number of allylic oxidation sites excluding steroid dienone is 5. The third-order valence-electron chi connectivity index (χ3n) is 4.25. The third-order valence-corrected chi connectivity index (χ3v) is 4.25. The zero-order valence-corrected chi connectivity index (χ0v) is 11.3. The average Bonchev–Trinajstić information content (AvgIpc) is 2.38.